The summed E-state index contributed by atoms with van der Waals surface area (Å²) in [6.45, 7) is 4.75. The van der Waals surface area contributed by atoms with Gasteiger partial charge in [0.2, 0.25) is 4.96 Å². The fraction of sp³-hybridized carbons (Fsp3) is 0.393. The molecule has 0 unspecified atom stereocenters. The first-order valence-corrected chi connectivity index (χ1v) is 13.4. The molecule has 1 saturated carbocycles. The Bertz CT molecular complexity index is 1290. The van der Waals surface area contributed by atoms with E-state index in [-0.39, 0.29) is 5.56 Å². The Morgan fingerprint density at radius 3 is 2.40 bits per heavy atom. The van der Waals surface area contributed by atoms with Crippen LogP contribution in [0.4, 0.5) is 0 Å². The summed E-state index contributed by atoms with van der Waals surface area (Å²) in [6.07, 6.45) is 6.11. The van der Waals surface area contributed by atoms with E-state index in [0.29, 0.717) is 24.0 Å². The molecule has 0 spiro atoms. The number of nitrogens with zero attached hydrogens (tertiary/aromatic N) is 4. The summed E-state index contributed by atoms with van der Waals surface area (Å²) < 4.78 is 7.08. The SMILES string of the molecule is CCOc1ccc(CN(Cc2ccccc2)Cc2cc(=O)n3nc(C4CCCCC4)sc3n2)cc1. The van der Waals surface area contributed by atoms with Crippen LogP contribution >= 0.6 is 11.3 Å². The van der Waals surface area contributed by atoms with Crippen LogP contribution in [0.1, 0.15) is 66.8 Å². The molecular weight excluding hydrogens is 456 g/mol. The van der Waals surface area contributed by atoms with Crippen LogP contribution < -0.4 is 10.3 Å². The van der Waals surface area contributed by atoms with Crippen LogP contribution in [-0.2, 0) is 19.6 Å². The van der Waals surface area contributed by atoms with Crippen LogP contribution in [0, 0.1) is 0 Å². The summed E-state index contributed by atoms with van der Waals surface area (Å²) in [6, 6.07) is 20.3. The Labute approximate surface area is 210 Å². The Morgan fingerprint density at radius 1 is 0.971 bits per heavy atom. The third-order valence-electron chi connectivity index (χ3n) is 6.54. The maximum Gasteiger partial charge on any atom is 0.275 e. The second kappa shape index (κ2) is 11.1. The normalized spacial score (nSPS) is 14.6. The first kappa shape index (κ1) is 23.7. The molecule has 2 heterocycles. The van der Waals surface area contributed by atoms with Crippen molar-refractivity contribution in [2.75, 3.05) is 6.61 Å². The molecule has 0 atom stereocenters. The molecule has 1 aliphatic rings. The highest BCUT2D eigenvalue weighted by Crippen LogP contribution is 2.34. The van der Waals surface area contributed by atoms with E-state index in [2.05, 4.69) is 46.4 Å². The number of fused-ring (bicyclic) bond motifs is 1. The summed E-state index contributed by atoms with van der Waals surface area (Å²) in [4.78, 5) is 20.8. The van der Waals surface area contributed by atoms with E-state index in [1.165, 1.54) is 34.9 Å². The van der Waals surface area contributed by atoms with Crippen LogP contribution in [0.2, 0.25) is 0 Å². The van der Waals surface area contributed by atoms with E-state index in [4.69, 9.17) is 9.72 Å². The molecule has 35 heavy (non-hydrogen) atoms. The van der Waals surface area contributed by atoms with Gasteiger partial charge in [-0.05, 0) is 43.0 Å². The van der Waals surface area contributed by atoms with Crippen LogP contribution in [0.25, 0.3) is 4.96 Å². The molecule has 1 aliphatic carbocycles. The van der Waals surface area contributed by atoms with E-state index in [0.717, 1.165) is 42.4 Å². The molecular formula is C28H32N4O2S. The zero-order valence-corrected chi connectivity index (χ0v) is 21.0. The summed E-state index contributed by atoms with van der Waals surface area (Å²) in [7, 11) is 0. The third-order valence-corrected chi connectivity index (χ3v) is 7.61. The van der Waals surface area contributed by atoms with Gasteiger partial charge in [0.15, 0.2) is 0 Å². The molecule has 182 valence electrons. The lowest BCUT2D eigenvalue weighted by molar-refractivity contribution is 0.244. The molecule has 7 heteroatoms. The quantitative estimate of drug-likeness (QED) is 0.298. The van der Waals surface area contributed by atoms with Crippen LogP contribution in [0.3, 0.4) is 0 Å². The predicted molar refractivity (Wildman–Crippen MR) is 140 cm³/mol. The largest absolute Gasteiger partial charge is 0.494 e. The molecule has 0 bridgehead atoms. The Morgan fingerprint density at radius 2 is 1.69 bits per heavy atom. The molecule has 0 radical (unpaired) electrons. The summed E-state index contributed by atoms with van der Waals surface area (Å²) in [5.74, 6) is 1.34. The zero-order chi connectivity index (χ0) is 24.0. The lowest BCUT2D eigenvalue weighted by Crippen LogP contribution is -2.25. The van der Waals surface area contributed by atoms with Gasteiger partial charge in [0.05, 0.1) is 12.3 Å². The van der Waals surface area contributed by atoms with Crippen LogP contribution in [-0.4, -0.2) is 26.1 Å². The van der Waals surface area contributed by atoms with Crippen molar-refractivity contribution in [3.05, 3.63) is 92.8 Å². The van der Waals surface area contributed by atoms with Crippen molar-refractivity contribution in [1.82, 2.24) is 19.5 Å². The smallest absolute Gasteiger partial charge is 0.275 e. The average molecular weight is 489 g/mol. The third kappa shape index (κ3) is 5.97. The Hall–Kier alpha value is -3.03. The molecule has 0 aliphatic heterocycles. The highest BCUT2D eigenvalue weighted by molar-refractivity contribution is 7.16. The van der Waals surface area contributed by atoms with Gasteiger partial charge in [-0.3, -0.25) is 9.69 Å². The highest BCUT2D eigenvalue weighted by Gasteiger charge is 2.21. The summed E-state index contributed by atoms with van der Waals surface area (Å²) >= 11 is 1.58. The lowest BCUT2D eigenvalue weighted by atomic mass is 9.90. The topological polar surface area (TPSA) is 59.7 Å². The number of ether oxygens (including phenoxy) is 1. The van der Waals surface area contributed by atoms with E-state index in [1.807, 2.05) is 25.1 Å². The molecule has 0 saturated heterocycles. The lowest BCUT2D eigenvalue weighted by Gasteiger charge is -2.22. The first-order valence-electron chi connectivity index (χ1n) is 12.6. The van der Waals surface area contributed by atoms with Gasteiger partial charge in [0, 0.05) is 31.6 Å². The number of hydrogen-bond donors (Lipinski definition) is 0. The molecule has 6 nitrogen and oxygen atoms in total. The van der Waals surface area contributed by atoms with E-state index >= 15 is 0 Å². The molecule has 2 aromatic carbocycles. The minimum absolute atomic E-state index is 0.0935. The standard InChI is InChI=1S/C28H32N4O2S/c1-2-34-25-15-13-22(14-16-25)19-31(18-21-9-5-3-6-10-21)20-24-17-26(33)32-28(29-24)35-27(30-32)23-11-7-4-8-12-23/h3,5-6,9-10,13-17,23H,2,4,7-8,11-12,18-20H2,1H3. The highest BCUT2D eigenvalue weighted by atomic mass is 32.1. The van der Waals surface area contributed by atoms with Gasteiger partial charge in [-0.2, -0.15) is 9.61 Å². The minimum Gasteiger partial charge on any atom is -0.494 e. The maximum absolute atomic E-state index is 12.9. The van der Waals surface area contributed by atoms with Gasteiger partial charge in [-0.1, -0.05) is 73.1 Å². The molecule has 5 rings (SSSR count). The van der Waals surface area contributed by atoms with E-state index < -0.39 is 0 Å². The van der Waals surface area contributed by atoms with Crippen molar-refractivity contribution in [1.29, 1.82) is 0 Å². The van der Waals surface area contributed by atoms with Crippen molar-refractivity contribution in [2.24, 2.45) is 0 Å². The van der Waals surface area contributed by atoms with Gasteiger partial charge in [-0.15, -0.1) is 0 Å². The number of hydrogen-bond acceptors (Lipinski definition) is 6. The van der Waals surface area contributed by atoms with Crippen LogP contribution in [0.15, 0.2) is 65.5 Å². The fourth-order valence-electron chi connectivity index (χ4n) is 4.82. The number of benzene rings is 2. The first-order chi connectivity index (χ1) is 17.2. The number of rotatable bonds is 9. The Kier molecular flexibility index (Phi) is 7.54. The van der Waals surface area contributed by atoms with E-state index in [1.54, 1.807) is 17.4 Å². The summed E-state index contributed by atoms with van der Waals surface area (Å²) in [5, 5.41) is 5.71. The second-order valence-electron chi connectivity index (χ2n) is 9.26. The van der Waals surface area contributed by atoms with Crippen molar-refractivity contribution < 1.29 is 4.74 Å². The van der Waals surface area contributed by atoms with Crippen molar-refractivity contribution >= 4 is 16.3 Å². The minimum atomic E-state index is -0.0935. The van der Waals surface area contributed by atoms with Gasteiger partial charge in [0.1, 0.15) is 10.8 Å². The second-order valence-corrected chi connectivity index (χ2v) is 10.3. The monoisotopic (exact) mass is 488 g/mol. The van der Waals surface area contributed by atoms with Crippen molar-refractivity contribution in [3.8, 4) is 5.75 Å². The maximum atomic E-state index is 12.9. The van der Waals surface area contributed by atoms with E-state index in [9.17, 15) is 4.79 Å². The predicted octanol–water partition coefficient (Wildman–Crippen LogP) is 5.80. The molecule has 2 aromatic heterocycles. The number of aromatic nitrogens is 3. The Balaban J connectivity index is 1.39. The zero-order valence-electron chi connectivity index (χ0n) is 20.2. The molecule has 4 aromatic rings. The van der Waals surface area contributed by atoms with Gasteiger partial charge < -0.3 is 4.74 Å². The fourth-order valence-corrected chi connectivity index (χ4v) is 5.91. The van der Waals surface area contributed by atoms with Gasteiger partial charge >= 0.3 is 0 Å². The van der Waals surface area contributed by atoms with Crippen molar-refractivity contribution in [3.63, 3.8) is 0 Å². The average Bonchev–Trinajstić information content (AvgIpc) is 3.31. The molecule has 1 fully saturated rings. The van der Waals surface area contributed by atoms with Gasteiger partial charge in [-0.25, -0.2) is 4.98 Å². The van der Waals surface area contributed by atoms with Crippen molar-refractivity contribution in [2.45, 2.75) is 64.6 Å². The summed E-state index contributed by atoms with van der Waals surface area (Å²) in [5.41, 5.74) is 3.12. The van der Waals surface area contributed by atoms with Crippen LogP contribution in [0.5, 0.6) is 5.75 Å². The van der Waals surface area contributed by atoms with Gasteiger partial charge in [0.25, 0.3) is 5.56 Å². The molecule has 0 amide bonds. The molecule has 0 N–H and O–H groups in total.